The summed E-state index contributed by atoms with van der Waals surface area (Å²) < 4.78 is 13.3. The minimum absolute atomic E-state index is 0.0579. The van der Waals surface area contributed by atoms with Gasteiger partial charge in [0.2, 0.25) is 0 Å². The van der Waals surface area contributed by atoms with Gasteiger partial charge in [-0.15, -0.1) is 0 Å². The lowest BCUT2D eigenvalue weighted by Gasteiger charge is -2.51. The van der Waals surface area contributed by atoms with Gasteiger partial charge in [-0.25, -0.2) is 0 Å². The van der Waals surface area contributed by atoms with Crippen LogP contribution in [0.2, 0.25) is 0 Å². The maximum Gasteiger partial charge on any atom is 0.140 e. The smallest absolute Gasteiger partial charge is 0.140 e. The van der Waals surface area contributed by atoms with Crippen LogP contribution in [0.3, 0.4) is 0 Å². The van der Waals surface area contributed by atoms with Crippen molar-refractivity contribution in [3.05, 3.63) is 0 Å². The van der Waals surface area contributed by atoms with Crippen LogP contribution in [0.25, 0.3) is 0 Å². The lowest BCUT2D eigenvalue weighted by atomic mass is 9.84. The van der Waals surface area contributed by atoms with Gasteiger partial charge in [0.05, 0.1) is 12.2 Å². The molecule has 5 nitrogen and oxygen atoms in total. The van der Waals surface area contributed by atoms with Crippen LogP contribution in [0, 0.1) is 5.92 Å². The van der Waals surface area contributed by atoms with Crippen molar-refractivity contribution in [1.82, 2.24) is 9.80 Å². The van der Waals surface area contributed by atoms with Crippen LogP contribution in [0.5, 0.6) is 0 Å². The monoisotopic (exact) mass is 462 g/mol. The maximum absolute atomic E-state index is 11.6. The largest absolute Gasteiger partial charge is 0.386 e. The molecule has 0 spiro atoms. The number of hydrogen-bond acceptors (Lipinski definition) is 5. The van der Waals surface area contributed by atoms with E-state index in [-0.39, 0.29) is 6.23 Å². The Bertz CT molecular complexity index is 604. The van der Waals surface area contributed by atoms with Gasteiger partial charge in [-0.1, -0.05) is 51.4 Å². The molecule has 33 heavy (non-hydrogen) atoms. The Labute approximate surface area is 202 Å². The number of rotatable bonds is 0. The standard InChI is InChI=1S/C28H50N2O3/c31-28-17-8-4-3-7-13-24-15-21-29-19-9-12-23(26(29)32-24)11-5-1-2-6-14-25-16-22-30(20-10-18-28)27(28)33-25/h23-27,31H,1-22H2/t23-,24+,25+,26-,27-,28+/m0/s1. The number of fused-ring (bicyclic) bond motifs is 2. The van der Waals surface area contributed by atoms with Crippen molar-refractivity contribution >= 4 is 0 Å². The summed E-state index contributed by atoms with van der Waals surface area (Å²) in [6.45, 7) is 4.70. The summed E-state index contributed by atoms with van der Waals surface area (Å²) in [5, 5.41) is 11.6. The molecule has 0 aromatic carbocycles. The first-order valence-corrected chi connectivity index (χ1v) is 14.7. The predicted molar refractivity (Wildman–Crippen MR) is 132 cm³/mol. The highest BCUT2D eigenvalue weighted by Gasteiger charge is 2.46. The average molecular weight is 463 g/mol. The first-order valence-electron chi connectivity index (χ1n) is 14.7. The summed E-state index contributed by atoms with van der Waals surface area (Å²) in [7, 11) is 0. The van der Waals surface area contributed by atoms with E-state index in [0.29, 0.717) is 18.4 Å². The second-order valence-corrected chi connectivity index (χ2v) is 12.0. The number of hydrogen-bond donors (Lipinski definition) is 1. The third kappa shape index (κ3) is 6.14. The van der Waals surface area contributed by atoms with Gasteiger partial charge in [0.15, 0.2) is 0 Å². The van der Waals surface area contributed by atoms with E-state index in [1.165, 1.54) is 96.6 Å². The highest BCUT2D eigenvalue weighted by molar-refractivity contribution is 4.95. The summed E-state index contributed by atoms with van der Waals surface area (Å²) in [5.41, 5.74) is -0.635. The second kappa shape index (κ2) is 11.7. The van der Waals surface area contributed by atoms with E-state index in [1.54, 1.807) is 0 Å². The van der Waals surface area contributed by atoms with Gasteiger partial charge < -0.3 is 14.6 Å². The molecule has 5 heterocycles. The van der Waals surface area contributed by atoms with Gasteiger partial charge in [-0.05, 0) is 70.1 Å². The minimum Gasteiger partial charge on any atom is -0.386 e. The van der Waals surface area contributed by atoms with E-state index in [9.17, 15) is 5.11 Å². The summed E-state index contributed by atoms with van der Waals surface area (Å²) in [6, 6.07) is 0. The molecular formula is C28H50N2O3. The molecule has 5 heteroatoms. The van der Waals surface area contributed by atoms with Crippen molar-refractivity contribution in [3.8, 4) is 0 Å². The fourth-order valence-corrected chi connectivity index (χ4v) is 7.56. The minimum atomic E-state index is -0.635. The van der Waals surface area contributed by atoms with Crippen LogP contribution in [-0.4, -0.2) is 71.4 Å². The molecular weight excluding hydrogens is 412 g/mol. The molecule has 5 saturated heterocycles. The van der Waals surface area contributed by atoms with Gasteiger partial charge in [0.25, 0.3) is 0 Å². The van der Waals surface area contributed by atoms with Crippen LogP contribution in [-0.2, 0) is 9.47 Å². The van der Waals surface area contributed by atoms with Crippen molar-refractivity contribution in [1.29, 1.82) is 0 Å². The number of ether oxygens (including phenoxy) is 2. The zero-order valence-corrected chi connectivity index (χ0v) is 21.1. The van der Waals surface area contributed by atoms with Crippen molar-refractivity contribution in [3.63, 3.8) is 0 Å². The van der Waals surface area contributed by atoms with E-state index >= 15 is 0 Å². The normalized spacial score (nSPS) is 43.0. The fraction of sp³-hybridized carbons (Fsp3) is 1.00. The number of nitrogens with zero attached hydrogens (tertiary/aromatic N) is 2. The van der Waals surface area contributed by atoms with E-state index in [4.69, 9.17) is 9.47 Å². The lowest BCUT2D eigenvalue weighted by Crippen LogP contribution is -2.61. The molecule has 0 unspecified atom stereocenters. The lowest BCUT2D eigenvalue weighted by molar-refractivity contribution is -0.245. The molecule has 0 aliphatic carbocycles. The van der Waals surface area contributed by atoms with Crippen molar-refractivity contribution in [2.45, 2.75) is 146 Å². The van der Waals surface area contributed by atoms with Crippen LogP contribution < -0.4 is 0 Å². The second-order valence-electron chi connectivity index (χ2n) is 12.0. The first-order chi connectivity index (χ1) is 16.2. The molecule has 0 radical (unpaired) electrons. The van der Waals surface area contributed by atoms with Gasteiger partial charge in [0, 0.05) is 26.2 Å². The first kappa shape index (κ1) is 24.5. The van der Waals surface area contributed by atoms with Crippen molar-refractivity contribution < 1.29 is 14.6 Å². The van der Waals surface area contributed by atoms with Crippen molar-refractivity contribution in [2.24, 2.45) is 5.92 Å². The molecule has 0 saturated carbocycles. The summed E-state index contributed by atoms with van der Waals surface area (Å²) >= 11 is 0. The van der Waals surface area contributed by atoms with E-state index in [0.717, 1.165) is 51.1 Å². The van der Waals surface area contributed by atoms with Crippen LogP contribution >= 0.6 is 0 Å². The van der Waals surface area contributed by atoms with Gasteiger partial charge in [0.1, 0.15) is 18.1 Å². The Morgan fingerprint density at radius 2 is 1.15 bits per heavy atom. The average Bonchev–Trinajstić information content (AvgIpc) is 2.83. The van der Waals surface area contributed by atoms with E-state index in [1.807, 2.05) is 0 Å². The Morgan fingerprint density at radius 1 is 0.545 bits per heavy atom. The van der Waals surface area contributed by atoms with Crippen LogP contribution in [0.1, 0.15) is 116 Å². The fourth-order valence-electron chi connectivity index (χ4n) is 7.56. The number of aliphatic hydroxyl groups is 1. The molecule has 5 rings (SSSR count). The summed E-state index contributed by atoms with van der Waals surface area (Å²) in [6.07, 6.45) is 23.1. The Balaban J connectivity index is 1.19. The quantitative estimate of drug-likeness (QED) is 0.519. The highest BCUT2D eigenvalue weighted by Crippen LogP contribution is 2.38. The van der Waals surface area contributed by atoms with Crippen molar-refractivity contribution in [2.75, 3.05) is 26.2 Å². The Morgan fingerprint density at radius 3 is 1.97 bits per heavy atom. The number of piperidine rings is 2. The van der Waals surface area contributed by atoms with Crippen LogP contribution in [0.15, 0.2) is 0 Å². The maximum atomic E-state index is 11.6. The van der Waals surface area contributed by atoms with Gasteiger partial charge in [-0.2, -0.15) is 0 Å². The molecule has 5 aliphatic heterocycles. The molecule has 0 aromatic rings. The zero-order valence-electron chi connectivity index (χ0n) is 21.1. The third-order valence-corrected chi connectivity index (χ3v) is 9.50. The molecule has 5 aliphatic rings. The Hall–Kier alpha value is -0.200. The third-order valence-electron chi connectivity index (χ3n) is 9.50. The van der Waals surface area contributed by atoms with Gasteiger partial charge in [-0.3, -0.25) is 9.80 Å². The molecule has 4 bridgehead atoms. The molecule has 1 N–H and O–H groups in total. The van der Waals surface area contributed by atoms with E-state index in [2.05, 4.69) is 9.80 Å². The topological polar surface area (TPSA) is 45.2 Å². The van der Waals surface area contributed by atoms with E-state index < -0.39 is 5.60 Å². The Kier molecular flexibility index (Phi) is 8.68. The van der Waals surface area contributed by atoms with Crippen LogP contribution in [0.4, 0.5) is 0 Å². The SMILES string of the molecule is O[C@]12CCCCCC[C@@H]3CCN4CCC[C@H](CCCCCC[C@@H]5CCN(CCC1)[C@H]2O5)[C@@H]4O3. The molecule has 6 atom stereocenters. The molecule has 0 aromatic heterocycles. The zero-order chi connectivity index (χ0) is 22.5. The van der Waals surface area contributed by atoms with Gasteiger partial charge >= 0.3 is 0 Å². The summed E-state index contributed by atoms with van der Waals surface area (Å²) in [4.78, 5) is 5.10. The molecule has 190 valence electrons. The molecule has 5 fully saturated rings. The predicted octanol–water partition coefficient (Wildman–Crippen LogP) is 5.45. The highest BCUT2D eigenvalue weighted by atomic mass is 16.5. The molecule has 0 amide bonds. The summed E-state index contributed by atoms with van der Waals surface area (Å²) in [5.74, 6) is 0.754.